The van der Waals surface area contributed by atoms with Crippen molar-refractivity contribution in [2.75, 3.05) is 35.6 Å². The molecule has 0 aliphatic carbocycles. The smallest absolute Gasteiger partial charge is 0.330 e. The number of hydrogen-bond donors (Lipinski definition) is 2. The fraction of sp³-hybridized carbons (Fsp3) is 0.448. The lowest BCUT2D eigenvalue weighted by Crippen LogP contribution is -2.46. The van der Waals surface area contributed by atoms with Crippen molar-refractivity contribution in [3.05, 3.63) is 52.7 Å². The van der Waals surface area contributed by atoms with E-state index in [1.54, 1.807) is 13.0 Å². The zero-order valence-corrected chi connectivity index (χ0v) is 23.1. The largest absolute Gasteiger partial charge is 0.463 e. The van der Waals surface area contributed by atoms with Crippen LogP contribution >= 0.6 is 0 Å². The maximum atomic E-state index is 12.0. The lowest BCUT2D eigenvalue weighted by Gasteiger charge is -2.38. The average molecular weight is 519 g/mol. The Hall–Kier alpha value is -3.72. The summed E-state index contributed by atoms with van der Waals surface area (Å²) in [4.78, 5) is 28.4. The van der Waals surface area contributed by atoms with Crippen LogP contribution in [-0.2, 0) is 14.3 Å². The number of ether oxygens (including phenoxy) is 2. The van der Waals surface area contributed by atoms with Crippen molar-refractivity contribution in [2.24, 2.45) is 0 Å². The third-order valence-corrected chi connectivity index (χ3v) is 6.70. The highest BCUT2D eigenvalue weighted by atomic mass is 16.5. The van der Waals surface area contributed by atoms with E-state index in [1.165, 1.54) is 6.08 Å². The number of benzene rings is 1. The van der Waals surface area contributed by atoms with E-state index >= 15 is 0 Å². The van der Waals surface area contributed by atoms with Gasteiger partial charge in [-0.1, -0.05) is 25.1 Å². The number of morpholine rings is 1. The molecule has 38 heavy (non-hydrogen) atoms. The van der Waals surface area contributed by atoms with E-state index in [0.717, 1.165) is 47.4 Å². The number of esters is 1. The molecule has 4 rings (SSSR count). The minimum atomic E-state index is -0.423. The molecule has 0 spiro atoms. The van der Waals surface area contributed by atoms with Crippen LogP contribution in [0.5, 0.6) is 0 Å². The van der Waals surface area contributed by atoms with Gasteiger partial charge in [-0.2, -0.15) is 4.98 Å². The van der Waals surface area contributed by atoms with Crippen LogP contribution in [0.2, 0.25) is 0 Å². The van der Waals surface area contributed by atoms with Gasteiger partial charge >= 0.3 is 5.97 Å². The van der Waals surface area contributed by atoms with Gasteiger partial charge in [0.15, 0.2) is 0 Å². The van der Waals surface area contributed by atoms with E-state index in [-0.39, 0.29) is 24.2 Å². The average Bonchev–Trinajstić information content (AvgIpc) is 2.86. The van der Waals surface area contributed by atoms with E-state index < -0.39 is 5.97 Å². The van der Waals surface area contributed by atoms with E-state index in [4.69, 9.17) is 20.2 Å². The molecular formula is C29H38N6O3. The minimum Gasteiger partial charge on any atom is -0.463 e. The minimum absolute atomic E-state index is 0.0953. The zero-order chi connectivity index (χ0) is 27.4. The lowest BCUT2D eigenvalue weighted by atomic mass is 10.00. The van der Waals surface area contributed by atoms with Crippen LogP contribution in [0, 0.1) is 13.8 Å². The first-order valence-corrected chi connectivity index (χ1v) is 13.3. The maximum absolute atomic E-state index is 12.0. The molecule has 2 aromatic heterocycles. The molecule has 202 valence electrons. The van der Waals surface area contributed by atoms with E-state index in [1.807, 2.05) is 6.92 Å². The Morgan fingerprint density at radius 2 is 1.95 bits per heavy atom. The Bertz CT molecular complexity index is 1330. The molecule has 1 aliphatic heterocycles. The third kappa shape index (κ3) is 6.05. The number of pyridine rings is 1. The van der Waals surface area contributed by atoms with Crippen molar-refractivity contribution in [2.45, 2.75) is 66.2 Å². The number of nitrogens with zero attached hydrogens (tertiary/aromatic N) is 4. The fourth-order valence-electron chi connectivity index (χ4n) is 5.03. The molecular weight excluding hydrogens is 480 g/mol. The molecule has 9 nitrogen and oxygen atoms in total. The molecule has 0 saturated carbocycles. The van der Waals surface area contributed by atoms with Gasteiger partial charge in [-0.15, -0.1) is 0 Å². The molecule has 3 aromatic rings. The van der Waals surface area contributed by atoms with Gasteiger partial charge < -0.3 is 25.4 Å². The normalized spacial score (nSPS) is 18.6. The van der Waals surface area contributed by atoms with Gasteiger partial charge in [-0.25, -0.2) is 14.8 Å². The van der Waals surface area contributed by atoms with Gasteiger partial charge in [-0.3, -0.25) is 0 Å². The number of carbonyl (C=O) groups is 1. The van der Waals surface area contributed by atoms with Gasteiger partial charge in [0.25, 0.3) is 0 Å². The van der Waals surface area contributed by atoms with Crippen LogP contribution in [0.3, 0.4) is 0 Å². The van der Waals surface area contributed by atoms with Crippen molar-refractivity contribution >= 4 is 40.5 Å². The molecule has 3 atom stereocenters. The standard InChI is InChI=1S/C29H38N6O3/c1-7-24(32-27-22(12-13-25(36)37-8-2)20(6)31-29(30)34-27)23-14-21-11-9-10-17(3)26(21)33-28(23)35-15-18(4)38-19(5)16-35/h9-14,18-19,24H,7-8,15-16H2,1-6H3,(H3,30,31,32,34)/b13-12+/t18-,19+,24?. The number of fused-ring (bicyclic) bond motifs is 1. The number of aryl methyl sites for hydroxylation is 2. The quantitative estimate of drug-likeness (QED) is 0.315. The van der Waals surface area contributed by atoms with Crippen LogP contribution in [-0.4, -0.2) is 52.8 Å². The molecule has 3 heterocycles. The molecule has 3 N–H and O–H groups in total. The predicted octanol–water partition coefficient (Wildman–Crippen LogP) is 4.98. The Morgan fingerprint density at radius 1 is 1.21 bits per heavy atom. The van der Waals surface area contributed by atoms with Crippen molar-refractivity contribution in [3.63, 3.8) is 0 Å². The summed E-state index contributed by atoms with van der Waals surface area (Å²) >= 11 is 0. The summed E-state index contributed by atoms with van der Waals surface area (Å²) in [6.07, 6.45) is 4.03. The van der Waals surface area contributed by atoms with Gasteiger partial charge in [0, 0.05) is 35.7 Å². The first-order valence-electron chi connectivity index (χ1n) is 13.3. The highest BCUT2D eigenvalue weighted by Crippen LogP contribution is 2.35. The summed E-state index contributed by atoms with van der Waals surface area (Å²) in [6.45, 7) is 13.8. The monoisotopic (exact) mass is 518 g/mol. The van der Waals surface area contributed by atoms with Crippen molar-refractivity contribution in [3.8, 4) is 0 Å². The summed E-state index contributed by atoms with van der Waals surface area (Å²) in [7, 11) is 0. The first-order chi connectivity index (χ1) is 18.2. The number of nitrogens with one attached hydrogen (secondary N) is 1. The Morgan fingerprint density at radius 3 is 2.63 bits per heavy atom. The van der Waals surface area contributed by atoms with Crippen LogP contribution < -0.4 is 16.0 Å². The van der Waals surface area contributed by atoms with Crippen LogP contribution in [0.1, 0.15) is 62.5 Å². The van der Waals surface area contributed by atoms with Gasteiger partial charge in [0.05, 0.1) is 36.1 Å². The summed E-state index contributed by atoms with van der Waals surface area (Å²) < 4.78 is 11.1. The third-order valence-electron chi connectivity index (χ3n) is 6.70. The second-order valence-corrected chi connectivity index (χ2v) is 9.83. The number of carbonyl (C=O) groups excluding carboxylic acids is 1. The number of rotatable bonds is 8. The SMILES string of the molecule is CCOC(=O)/C=C/c1c(C)nc(N)nc1NC(CC)c1cc2cccc(C)c2nc1N1C[C@@H](C)O[C@@H](C)C1. The lowest BCUT2D eigenvalue weighted by molar-refractivity contribution is -0.137. The highest BCUT2D eigenvalue weighted by molar-refractivity contribution is 5.89. The van der Waals surface area contributed by atoms with Crippen molar-refractivity contribution in [1.82, 2.24) is 15.0 Å². The Kier molecular flexibility index (Phi) is 8.46. The number of anilines is 3. The second kappa shape index (κ2) is 11.8. The molecule has 1 aromatic carbocycles. The first kappa shape index (κ1) is 27.3. The number of aromatic nitrogens is 3. The molecule has 0 amide bonds. The predicted molar refractivity (Wildman–Crippen MR) is 152 cm³/mol. The van der Waals surface area contributed by atoms with Crippen LogP contribution in [0.4, 0.5) is 17.6 Å². The molecule has 0 bridgehead atoms. The molecule has 0 radical (unpaired) electrons. The van der Waals surface area contributed by atoms with Crippen LogP contribution in [0.25, 0.3) is 17.0 Å². The summed E-state index contributed by atoms with van der Waals surface area (Å²) in [5, 5.41) is 4.68. The van der Waals surface area contributed by atoms with Gasteiger partial charge in [0.2, 0.25) is 5.95 Å². The topological polar surface area (TPSA) is 115 Å². The zero-order valence-electron chi connectivity index (χ0n) is 23.1. The summed E-state index contributed by atoms with van der Waals surface area (Å²) in [5.41, 5.74) is 10.6. The highest BCUT2D eigenvalue weighted by Gasteiger charge is 2.28. The van der Waals surface area contributed by atoms with E-state index in [9.17, 15) is 4.79 Å². The fourth-order valence-corrected chi connectivity index (χ4v) is 5.03. The Labute approximate surface area is 224 Å². The molecule has 1 aliphatic rings. The molecule has 1 unspecified atom stereocenters. The number of nitrogen functional groups attached to an aromatic ring is 1. The number of para-hydroxylation sites is 1. The van der Waals surface area contributed by atoms with Crippen molar-refractivity contribution < 1.29 is 14.3 Å². The second-order valence-electron chi connectivity index (χ2n) is 9.83. The maximum Gasteiger partial charge on any atom is 0.330 e. The van der Waals surface area contributed by atoms with Crippen LogP contribution in [0.15, 0.2) is 30.3 Å². The van der Waals surface area contributed by atoms with Crippen molar-refractivity contribution in [1.29, 1.82) is 0 Å². The summed E-state index contributed by atoms with van der Waals surface area (Å²) in [6, 6.07) is 8.35. The van der Waals surface area contributed by atoms with Gasteiger partial charge in [-0.05, 0) is 58.7 Å². The molecule has 9 heteroatoms. The van der Waals surface area contributed by atoms with E-state index in [2.05, 4.69) is 72.1 Å². The molecule has 1 saturated heterocycles. The number of nitrogens with two attached hydrogens (primary N) is 1. The Balaban J connectivity index is 1.80. The summed E-state index contributed by atoms with van der Waals surface area (Å²) in [5.74, 6) is 1.24. The van der Waals surface area contributed by atoms with E-state index in [0.29, 0.717) is 23.7 Å². The molecule has 1 fully saturated rings. The number of hydrogen-bond acceptors (Lipinski definition) is 9. The van der Waals surface area contributed by atoms with Gasteiger partial charge in [0.1, 0.15) is 11.6 Å².